The average Bonchev–Trinajstić information content (AvgIpc) is 1.81. The van der Waals surface area contributed by atoms with E-state index in [2.05, 4.69) is 346 Å². The van der Waals surface area contributed by atoms with Crippen LogP contribution in [0.3, 0.4) is 0 Å². The van der Waals surface area contributed by atoms with Crippen molar-refractivity contribution in [1.29, 1.82) is 0 Å². The maximum Gasteiger partial charge on any atom is 0.0892 e. The van der Waals surface area contributed by atoms with E-state index < -0.39 is 0 Å². The molecular weight excluding hydrogens is 1610 g/mol. The lowest BCUT2D eigenvalue weighted by Gasteiger charge is -2.18. The van der Waals surface area contributed by atoms with E-state index in [0.717, 1.165) is 167 Å². The number of rotatable bonds is 4. The Labute approximate surface area is 571 Å². The van der Waals surface area contributed by atoms with Gasteiger partial charge < -0.3 is 0 Å². The molecule has 4 nitrogen and oxygen atoms in total. The standard InChI is InChI=1S/C76H36Br8N4/c77-61-63(79)71-58(54-34-38-18-2-6-22-42(38)46-26-10-14-30-50(46)54)73-65(81)67(83)75(87-73)60(56-36-40-20-4-8-24-44(40)48-28-12-16-32-52(48)56)76-68(84)66(82)74(88-76)59(55-35-39-19-3-7-23-43(39)47-27-11-15-31-51(47)55)72-64(80)62(78)70(86-72)57(69(61)85-71)53-33-37-17-1-5-21-41(37)45-25-9-13-29-49(45)53/h1-36H. The average molecular weight is 1640 g/mol. The minimum atomic E-state index is 0.682. The van der Waals surface area contributed by atoms with Gasteiger partial charge in [-0.05, 0) is 260 Å². The van der Waals surface area contributed by atoms with Gasteiger partial charge in [0, 0.05) is 22.3 Å². The van der Waals surface area contributed by atoms with Crippen LogP contribution in [0.4, 0.5) is 0 Å². The van der Waals surface area contributed by atoms with Crippen molar-refractivity contribution in [3.05, 3.63) is 299 Å². The van der Waals surface area contributed by atoms with E-state index in [0.29, 0.717) is 45.6 Å². The molecular formula is C76H36Br8N4. The summed E-state index contributed by atoms with van der Waals surface area (Å²) in [7, 11) is 0. The summed E-state index contributed by atoms with van der Waals surface area (Å²) in [4.78, 5) is 24.1. The third-order valence-corrected chi connectivity index (χ3v) is 25.7. The molecule has 5 aliphatic rings. The van der Waals surface area contributed by atoms with Gasteiger partial charge in [0.1, 0.15) is 0 Å². The van der Waals surface area contributed by atoms with Crippen molar-refractivity contribution in [1.82, 2.24) is 0 Å². The summed E-state index contributed by atoms with van der Waals surface area (Å²) in [5.74, 6) is 0. The normalized spacial score (nSPS) is 16.5. The zero-order chi connectivity index (χ0) is 59.4. The number of benzene rings is 12. The van der Waals surface area contributed by atoms with E-state index in [9.17, 15) is 0 Å². The van der Waals surface area contributed by atoms with Crippen LogP contribution in [0.25, 0.3) is 108 Å². The van der Waals surface area contributed by atoms with Gasteiger partial charge in [0.2, 0.25) is 0 Å². The maximum atomic E-state index is 6.02. The highest BCUT2D eigenvalue weighted by Gasteiger charge is 2.41. The Morgan fingerprint density at radius 3 is 0.557 bits per heavy atom. The second-order valence-electron chi connectivity index (χ2n) is 22.0. The molecule has 5 heterocycles. The predicted molar refractivity (Wildman–Crippen MR) is 403 cm³/mol. The van der Waals surface area contributed by atoms with Gasteiger partial charge in [-0.25, -0.2) is 20.0 Å². The molecule has 8 bridgehead atoms. The Morgan fingerprint density at radius 2 is 0.352 bits per heavy atom. The van der Waals surface area contributed by atoms with Crippen LogP contribution in [0.5, 0.6) is 0 Å². The lowest BCUT2D eigenvalue weighted by atomic mass is 9.90. The molecule has 0 aromatic heterocycles. The number of fused-ring (bicyclic) bond motifs is 16. The Morgan fingerprint density at radius 1 is 0.182 bits per heavy atom. The highest BCUT2D eigenvalue weighted by Crippen LogP contribution is 2.55. The topological polar surface area (TPSA) is 49.4 Å². The molecule has 0 radical (unpaired) electrons. The first-order valence-corrected chi connectivity index (χ1v) is 34.6. The molecule has 416 valence electrons. The zero-order valence-corrected chi connectivity index (χ0v) is 58.3. The van der Waals surface area contributed by atoms with E-state index in [-0.39, 0.29) is 0 Å². The van der Waals surface area contributed by atoms with Gasteiger partial charge in [-0.3, -0.25) is 0 Å². The van der Waals surface area contributed by atoms with Crippen molar-refractivity contribution < 1.29 is 0 Å². The Balaban J connectivity index is 1.10. The van der Waals surface area contributed by atoms with Crippen molar-refractivity contribution in [2.75, 3.05) is 0 Å². The molecule has 0 aliphatic carbocycles. The van der Waals surface area contributed by atoms with Gasteiger partial charge in [-0.1, -0.05) is 194 Å². The molecule has 0 saturated heterocycles. The van der Waals surface area contributed by atoms with Gasteiger partial charge in [-0.2, -0.15) is 0 Å². The van der Waals surface area contributed by atoms with Crippen LogP contribution in [-0.2, 0) is 0 Å². The zero-order valence-electron chi connectivity index (χ0n) is 45.6. The quantitative estimate of drug-likeness (QED) is 0.158. The molecule has 12 aromatic rings. The Kier molecular flexibility index (Phi) is 13.4. The molecule has 0 spiro atoms. The first-order valence-electron chi connectivity index (χ1n) is 28.2. The van der Waals surface area contributed by atoms with Crippen LogP contribution < -0.4 is 0 Å². The Bertz CT molecular complexity index is 5060. The van der Waals surface area contributed by atoms with Crippen molar-refractivity contribution in [2.45, 2.75) is 0 Å². The summed E-state index contributed by atoms with van der Waals surface area (Å²) in [6.07, 6.45) is 0. The van der Waals surface area contributed by atoms with Crippen LogP contribution in [-0.4, -0.2) is 22.8 Å². The molecule has 88 heavy (non-hydrogen) atoms. The fourth-order valence-electron chi connectivity index (χ4n) is 13.5. The monoisotopic (exact) mass is 1640 g/mol. The van der Waals surface area contributed by atoms with Crippen molar-refractivity contribution >= 4 is 259 Å². The minimum absolute atomic E-state index is 0.682. The van der Waals surface area contributed by atoms with Gasteiger partial charge in [0.15, 0.2) is 0 Å². The van der Waals surface area contributed by atoms with E-state index in [1.54, 1.807) is 0 Å². The molecule has 0 N–H and O–H groups in total. The molecule has 0 amide bonds. The fourth-order valence-corrected chi connectivity index (χ4v) is 17.3. The molecule has 0 atom stereocenters. The molecule has 12 aromatic carbocycles. The summed E-state index contributed by atoms with van der Waals surface area (Å²) in [5, 5.41) is 17.6. The second kappa shape index (κ2) is 21.4. The first-order chi connectivity index (χ1) is 43.0. The van der Waals surface area contributed by atoms with Gasteiger partial charge in [-0.15, -0.1) is 0 Å². The number of nitrogens with zero attached hydrogens (tertiary/aromatic N) is 4. The van der Waals surface area contributed by atoms with Crippen LogP contribution in [0.2, 0.25) is 0 Å². The number of hydrogen-bond acceptors (Lipinski definition) is 4. The highest BCUT2D eigenvalue weighted by atomic mass is 79.9. The van der Waals surface area contributed by atoms with E-state index in [1.165, 1.54) is 0 Å². The van der Waals surface area contributed by atoms with E-state index >= 15 is 0 Å². The third-order valence-electron chi connectivity index (χ3n) is 17.4. The number of aliphatic imine (C=N–C) groups is 4. The number of allylic oxidation sites excluding steroid dienone is 12. The summed E-state index contributed by atoms with van der Waals surface area (Å²) in [5.41, 5.74) is 12.5. The van der Waals surface area contributed by atoms with E-state index in [4.69, 9.17) is 20.0 Å². The molecule has 5 aliphatic heterocycles. The van der Waals surface area contributed by atoms with Crippen LogP contribution in [0.1, 0.15) is 22.3 Å². The highest BCUT2D eigenvalue weighted by molar-refractivity contribution is 9.15. The number of halogens is 8. The van der Waals surface area contributed by atoms with Crippen molar-refractivity contribution in [3.8, 4) is 0 Å². The molecule has 0 fully saturated rings. The third kappa shape index (κ3) is 8.32. The summed E-state index contributed by atoms with van der Waals surface area (Å²) in [6, 6.07) is 78.2. The molecule has 0 saturated carbocycles. The van der Waals surface area contributed by atoms with Crippen LogP contribution in [0, 0.1) is 0 Å². The fraction of sp³-hybridized carbons (Fsp3) is 0. The number of hydrogen-bond donors (Lipinski definition) is 0. The molecule has 12 heteroatoms. The summed E-state index contributed by atoms with van der Waals surface area (Å²) in [6.45, 7) is 0. The van der Waals surface area contributed by atoms with Crippen molar-refractivity contribution in [3.63, 3.8) is 0 Å². The van der Waals surface area contributed by atoms with Gasteiger partial charge in [0.25, 0.3) is 0 Å². The van der Waals surface area contributed by atoms with Crippen molar-refractivity contribution in [2.24, 2.45) is 20.0 Å². The maximum absolute atomic E-state index is 6.02. The second-order valence-corrected chi connectivity index (χ2v) is 28.4. The summed E-state index contributed by atoms with van der Waals surface area (Å²) < 4.78 is 6.03. The lowest BCUT2D eigenvalue weighted by Crippen LogP contribution is -2.07. The first kappa shape index (κ1) is 55.2. The molecule has 17 rings (SSSR count). The van der Waals surface area contributed by atoms with E-state index in [1.807, 2.05) is 0 Å². The lowest BCUT2D eigenvalue weighted by molar-refractivity contribution is 1.41. The molecule has 0 unspecified atom stereocenters. The minimum Gasteiger partial charge on any atom is -0.245 e. The smallest absolute Gasteiger partial charge is 0.0892 e. The summed E-state index contributed by atoms with van der Waals surface area (Å²) >= 11 is 34.3. The van der Waals surface area contributed by atoms with Crippen LogP contribution >= 0.6 is 127 Å². The van der Waals surface area contributed by atoms with Crippen LogP contribution in [0.15, 0.2) is 297 Å². The van der Waals surface area contributed by atoms with Gasteiger partial charge in [0.05, 0.1) is 81.5 Å². The Hall–Kier alpha value is -6.84. The van der Waals surface area contributed by atoms with Gasteiger partial charge >= 0.3 is 0 Å². The largest absolute Gasteiger partial charge is 0.245 e. The predicted octanol–water partition coefficient (Wildman–Crippen LogP) is 24.7. The SMILES string of the molecule is BrC1=C(Br)C2=C(c3cc4ccccc4c4ccccc34)C3=NC(=C(c4cc5ccccc5c5ccccc45)C4=NC(=C(c5cc6ccccc6c6ccccc56)C5=NC(=C(c6cc7ccccc7c7ccccc67)C1=N2)C(Br)=C5Br)C(Br)=C4Br)C(Br)=C3Br.